The van der Waals surface area contributed by atoms with E-state index in [4.69, 9.17) is 16.3 Å². The second-order valence-corrected chi connectivity index (χ2v) is 7.96. The van der Waals surface area contributed by atoms with Crippen LogP contribution in [0, 0.1) is 0 Å². The lowest BCUT2D eigenvalue weighted by atomic mass is 9.96. The van der Waals surface area contributed by atoms with Gasteiger partial charge in [-0.25, -0.2) is 0 Å². The highest BCUT2D eigenvalue weighted by Gasteiger charge is 2.28. The Bertz CT molecular complexity index is 746. The number of hydrogen-bond donors (Lipinski definition) is 0. The number of likely N-dealkylation sites (N-methyl/N-ethyl adjacent to an activating group) is 1. The van der Waals surface area contributed by atoms with E-state index in [1.807, 2.05) is 12.1 Å². The van der Waals surface area contributed by atoms with Crippen molar-refractivity contribution >= 4 is 11.6 Å². The number of nitrogens with zero attached hydrogens (tertiary/aromatic N) is 3. The molecule has 1 atom stereocenters. The van der Waals surface area contributed by atoms with E-state index in [1.165, 1.54) is 11.1 Å². The van der Waals surface area contributed by atoms with Crippen LogP contribution in [0.3, 0.4) is 0 Å². The Morgan fingerprint density at radius 1 is 0.963 bits per heavy atom. The fourth-order valence-electron chi connectivity index (χ4n) is 4.07. The van der Waals surface area contributed by atoms with Gasteiger partial charge in [0.2, 0.25) is 0 Å². The number of benzene rings is 2. The van der Waals surface area contributed by atoms with E-state index in [-0.39, 0.29) is 6.04 Å². The second kappa shape index (κ2) is 8.61. The molecule has 2 heterocycles. The lowest BCUT2D eigenvalue weighted by Crippen LogP contribution is -2.47. The molecule has 144 valence electrons. The minimum absolute atomic E-state index is 0.176. The van der Waals surface area contributed by atoms with Crippen molar-refractivity contribution in [3.63, 3.8) is 0 Å². The lowest BCUT2D eigenvalue weighted by Gasteiger charge is -2.36. The molecular weight excluding hydrogens is 358 g/mol. The van der Waals surface area contributed by atoms with Gasteiger partial charge in [0.15, 0.2) is 0 Å². The smallest absolute Gasteiger partial charge is 0.124 e. The van der Waals surface area contributed by atoms with Gasteiger partial charge in [0, 0.05) is 56.4 Å². The first-order chi connectivity index (χ1) is 13.2. The van der Waals surface area contributed by atoms with Crippen molar-refractivity contribution in [3.05, 3.63) is 64.7 Å². The molecule has 0 saturated carbocycles. The summed E-state index contributed by atoms with van der Waals surface area (Å²) in [6.07, 6.45) is 0. The van der Waals surface area contributed by atoms with Crippen LogP contribution < -0.4 is 4.74 Å². The van der Waals surface area contributed by atoms with Gasteiger partial charge in [0.25, 0.3) is 0 Å². The molecule has 1 unspecified atom stereocenters. The van der Waals surface area contributed by atoms with Gasteiger partial charge >= 0.3 is 0 Å². The standard InChI is InChI=1S/C22H28ClN3O/c1-24-9-11-25(12-10-24)13-14-26-15-16-27-21-8-7-19(23)17-20(21)22(26)18-5-3-2-4-6-18/h2-8,17,22H,9-16H2,1H3. The summed E-state index contributed by atoms with van der Waals surface area (Å²) in [5.41, 5.74) is 2.47. The Morgan fingerprint density at radius 3 is 2.52 bits per heavy atom. The van der Waals surface area contributed by atoms with E-state index in [1.54, 1.807) is 0 Å². The summed E-state index contributed by atoms with van der Waals surface area (Å²) < 4.78 is 6.07. The SMILES string of the molecule is CN1CCN(CCN2CCOc3ccc(Cl)cc3C2c2ccccc2)CC1. The molecular formula is C22H28ClN3O. The summed E-state index contributed by atoms with van der Waals surface area (Å²) in [6, 6.07) is 16.9. The molecule has 2 aromatic carbocycles. The molecule has 27 heavy (non-hydrogen) atoms. The Hall–Kier alpha value is -1.59. The lowest BCUT2D eigenvalue weighted by molar-refractivity contribution is 0.123. The minimum atomic E-state index is 0.176. The molecule has 1 saturated heterocycles. The number of piperazine rings is 1. The summed E-state index contributed by atoms with van der Waals surface area (Å²) >= 11 is 6.36. The van der Waals surface area contributed by atoms with Crippen LogP contribution in [0.15, 0.2) is 48.5 Å². The zero-order valence-electron chi connectivity index (χ0n) is 16.0. The highest BCUT2D eigenvalue weighted by Crippen LogP contribution is 2.38. The zero-order valence-corrected chi connectivity index (χ0v) is 16.7. The molecule has 0 spiro atoms. The van der Waals surface area contributed by atoms with E-state index in [0.717, 1.165) is 56.6 Å². The van der Waals surface area contributed by atoms with Gasteiger partial charge in [0.05, 0.1) is 6.04 Å². The van der Waals surface area contributed by atoms with Crippen molar-refractivity contribution in [2.45, 2.75) is 6.04 Å². The number of rotatable bonds is 4. The van der Waals surface area contributed by atoms with Crippen LogP contribution in [0.4, 0.5) is 0 Å². The van der Waals surface area contributed by atoms with Gasteiger partial charge in [-0.3, -0.25) is 9.80 Å². The Balaban J connectivity index is 1.59. The predicted molar refractivity (Wildman–Crippen MR) is 111 cm³/mol. The number of halogens is 1. The first kappa shape index (κ1) is 18.8. The monoisotopic (exact) mass is 385 g/mol. The summed E-state index contributed by atoms with van der Waals surface area (Å²) in [5.74, 6) is 0.954. The molecule has 0 radical (unpaired) electrons. The maximum Gasteiger partial charge on any atom is 0.124 e. The van der Waals surface area contributed by atoms with Crippen molar-refractivity contribution in [3.8, 4) is 5.75 Å². The Labute approximate surface area is 167 Å². The molecule has 2 aliphatic rings. The molecule has 1 fully saturated rings. The van der Waals surface area contributed by atoms with Crippen LogP contribution in [0.2, 0.25) is 5.02 Å². The van der Waals surface area contributed by atoms with Gasteiger partial charge in [-0.2, -0.15) is 0 Å². The third-order valence-electron chi connectivity index (χ3n) is 5.68. The van der Waals surface area contributed by atoms with Gasteiger partial charge in [-0.05, 0) is 30.8 Å². The van der Waals surface area contributed by atoms with Gasteiger partial charge in [0.1, 0.15) is 12.4 Å². The Morgan fingerprint density at radius 2 is 1.74 bits per heavy atom. The predicted octanol–water partition coefficient (Wildman–Crippen LogP) is 3.37. The maximum absolute atomic E-state index is 6.36. The summed E-state index contributed by atoms with van der Waals surface area (Å²) in [4.78, 5) is 7.53. The third kappa shape index (κ3) is 4.46. The van der Waals surface area contributed by atoms with Gasteiger partial charge in [-0.1, -0.05) is 41.9 Å². The second-order valence-electron chi connectivity index (χ2n) is 7.52. The minimum Gasteiger partial charge on any atom is -0.492 e. The van der Waals surface area contributed by atoms with E-state index in [2.05, 4.69) is 58.1 Å². The van der Waals surface area contributed by atoms with Crippen LogP contribution >= 0.6 is 11.6 Å². The molecule has 0 aliphatic carbocycles. The normalized spacial score (nSPS) is 22.1. The van der Waals surface area contributed by atoms with Gasteiger partial charge in [-0.15, -0.1) is 0 Å². The highest BCUT2D eigenvalue weighted by molar-refractivity contribution is 6.30. The van der Waals surface area contributed by atoms with Crippen LogP contribution in [0.1, 0.15) is 17.2 Å². The first-order valence-electron chi connectivity index (χ1n) is 9.83. The molecule has 0 bridgehead atoms. The largest absolute Gasteiger partial charge is 0.492 e. The fraction of sp³-hybridized carbons (Fsp3) is 0.455. The van der Waals surface area contributed by atoms with Crippen LogP contribution in [0.5, 0.6) is 5.75 Å². The molecule has 4 rings (SSSR count). The number of ether oxygens (including phenoxy) is 1. The van der Waals surface area contributed by atoms with Crippen molar-refractivity contribution in [1.29, 1.82) is 0 Å². The molecule has 0 aromatic heterocycles. The molecule has 5 heteroatoms. The van der Waals surface area contributed by atoms with Gasteiger partial charge < -0.3 is 9.64 Å². The Kier molecular flexibility index (Phi) is 5.98. The summed E-state index contributed by atoms with van der Waals surface area (Å²) in [6.45, 7) is 8.36. The maximum atomic E-state index is 6.36. The zero-order chi connectivity index (χ0) is 18.6. The fourth-order valence-corrected chi connectivity index (χ4v) is 4.25. The summed E-state index contributed by atoms with van der Waals surface area (Å²) in [7, 11) is 2.20. The van der Waals surface area contributed by atoms with E-state index >= 15 is 0 Å². The van der Waals surface area contributed by atoms with Crippen molar-refractivity contribution in [2.24, 2.45) is 0 Å². The van der Waals surface area contributed by atoms with Crippen molar-refractivity contribution in [2.75, 3.05) is 59.5 Å². The van der Waals surface area contributed by atoms with Crippen molar-refractivity contribution in [1.82, 2.24) is 14.7 Å². The van der Waals surface area contributed by atoms with E-state index in [9.17, 15) is 0 Å². The van der Waals surface area contributed by atoms with E-state index < -0.39 is 0 Å². The summed E-state index contributed by atoms with van der Waals surface area (Å²) in [5, 5.41) is 0.763. The average Bonchev–Trinajstić information content (AvgIpc) is 2.87. The molecule has 2 aliphatic heterocycles. The van der Waals surface area contributed by atoms with Crippen LogP contribution in [-0.2, 0) is 0 Å². The molecule has 0 N–H and O–H groups in total. The quantitative estimate of drug-likeness (QED) is 0.803. The van der Waals surface area contributed by atoms with Crippen LogP contribution in [0.25, 0.3) is 0 Å². The number of hydrogen-bond acceptors (Lipinski definition) is 4. The highest BCUT2D eigenvalue weighted by atomic mass is 35.5. The average molecular weight is 386 g/mol. The topological polar surface area (TPSA) is 19.0 Å². The van der Waals surface area contributed by atoms with Crippen LogP contribution in [-0.4, -0.2) is 74.2 Å². The molecule has 0 amide bonds. The molecule has 2 aromatic rings. The third-order valence-corrected chi connectivity index (χ3v) is 5.92. The first-order valence-corrected chi connectivity index (χ1v) is 10.2. The van der Waals surface area contributed by atoms with Crippen molar-refractivity contribution < 1.29 is 4.74 Å². The number of fused-ring (bicyclic) bond motifs is 1. The molecule has 4 nitrogen and oxygen atoms in total. The van der Waals surface area contributed by atoms with E-state index in [0.29, 0.717) is 6.61 Å².